The predicted octanol–water partition coefficient (Wildman–Crippen LogP) is 3.11. The molecule has 1 atom stereocenters. The van der Waals surface area contributed by atoms with Crippen molar-refractivity contribution in [2.75, 3.05) is 19.6 Å². The van der Waals surface area contributed by atoms with Crippen LogP contribution in [0.2, 0.25) is 0 Å². The van der Waals surface area contributed by atoms with E-state index in [-0.39, 0.29) is 17.4 Å². The highest BCUT2D eigenvalue weighted by molar-refractivity contribution is 5.97. The van der Waals surface area contributed by atoms with E-state index in [9.17, 15) is 9.59 Å². The number of piperidine rings is 1. The zero-order valence-electron chi connectivity index (χ0n) is 16.5. The van der Waals surface area contributed by atoms with E-state index in [4.69, 9.17) is 0 Å². The van der Waals surface area contributed by atoms with E-state index in [1.165, 1.54) is 38.5 Å². The van der Waals surface area contributed by atoms with Crippen LogP contribution in [-0.2, 0) is 4.79 Å². The van der Waals surface area contributed by atoms with Crippen LogP contribution < -0.4 is 10.6 Å². The van der Waals surface area contributed by atoms with Crippen molar-refractivity contribution in [1.29, 1.82) is 0 Å². The molecule has 27 heavy (non-hydrogen) atoms. The fourth-order valence-electron chi connectivity index (χ4n) is 4.52. The summed E-state index contributed by atoms with van der Waals surface area (Å²) in [7, 11) is 0. The molecule has 0 aromatic heterocycles. The summed E-state index contributed by atoms with van der Waals surface area (Å²) in [5.74, 6) is -0.303. The summed E-state index contributed by atoms with van der Waals surface area (Å²) in [5, 5.41) is 5.96. The molecule has 1 aliphatic carbocycles. The van der Waals surface area contributed by atoms with Gasteiger partial charge in [-0.1, -0.05) is 43.9 Å². The lowest BCUT2D eigenvalue weighted by Crippen LogP contribution is -2.59. The van der Waals surface area contributed by atoms with Gasteiger partial charge in [0.05, 0.1) is 0 Å². The minimum atomic E-state index is -0.542. The Balaban J connectivity index is 1.56. The van der Waals surface area contributed by atoms with Gasteiger partial charge >= 0.3 is 0 Å². The van der Waals surface area contributed by atoms with Gasteiger partial charge in [-0.15, -0.1) is 0 Å². The number of hydrogen-bond acceptors (Lipinski definition) is 3. The Morgan fingerprint density at radius 3 is 2.30 bits per heavy atom. The molecule has 0 bridgehead atoms. The van der Waals surface area contributed by atoms with Gasteiger partial charge in [-0.05, 0) is 57.8 Å². The SMILES string of the molecule is CC(NC(=O)c1ccccc1)C(=O)NCC1(N2CCCCC2)CCCCC1. The van der Waals surface area contributed by atoms with Crippen LogP contribution in [0, 0.1) is 0 Å². The van der Waals surface area contributed by atoms with Gasteiger partial charge in [0.25, 0.3) is 5.91 Å². The van der Waals surface area contributed by atoms with Crippen molar-refractivity contribution in [2.24, 2.45) is 0 Å². The average molecular weight is 372 g/mol. The summed E-state index contributed by atoms with van der Waals surface area (Å²) in [5.41, 5.74) is 0.687. The summed E-state index contributed by atoms with van der Waals surface area (Å²) in [6, 6.07) is 8.49. The molecule has 2 fully saturated rings. The number of nitrogens with one attached hydrogen (secondary N) is 2. The lowest BCUT2D eigenvalue weighted by molar-refractivity contribution is -0.123. The summed E-state index contributed by atoms with van der Waals surface area (Å²) < 4.78 is 0. The van der Waals surface area contributed by atoms with Gasteiger partial charge in [0.1, 0.15) is 6.04 Å². The molecule has 1 saturated heterocycles. The predicted molar refractivity (Wildman–Crippen MR) is 108 cm³/mol. The Kier molecular flexibility index (Phi) is 6.89. The third-order valence-corrected chi connectivity index (χ3v) is 6.18. The molecule has 0 radical (unpaired) electrons. The lowest BCUT2D eigenvalue weighted by Gasteiger charge is -2.48. The van der Waals surface area contributed by atoms with Gasteiger partial charge in [-0.2, -0.15) is 0 Å². The molecule has 5 heteroatoms. The number of hydrogen-bond donors (Lipinski definition) is 2. The number of nitrogens with zero attached hydrogens (tertiary/aromatic N) is 1. The van der Waals surface area contributed by atoms with Crippen molar-refractivity contribution in [1.82, 2.24) is 15.5 Å². The summed E-state index contributed by atoms with van der Waals surface area (Å²) >= 11 is 0. The third kappa shape index (κ3) is 5.10. The quantitative estimate of drug-likeness (QED) is 0.808. The number of carbonyl (C=O) groups is 2. The molecule has 1 saturated carbocycles. The maximum Gasteiger partial charge on any atom is 0.251 e. The van der Waals surface area contributed by atoms with Crippen LogP contribution in [0.1, 0.15) is 68.6 Å². The molecular formula is C22H33N3O2. The second-order valence-electron chi connectivity index (χ2n) is 8.11. The number of carbonyl (C=O) groups excluding carboxylic acids is 2. The van der Waals surface area contributed by atoms with Crippen molar-refractivity contribution < 1.29 is 9.59 Å². The van der Waals surface area contributed by atoms with E-state index in [0.717, 1.165) is 25.9 Å². The van der Waals surface area contributed by atoms with Gasteiger partial charge in [-0.25, -0.2) is 0 Å². The third-order valence-electron chi connectivity index (χ3n) is 6.18. The summed E-state index contributed by atoms with van der Waals surface area (Å²) in [6.45, 7) is 4.74. The highest BCUT2D eigenvalue weighted by Gasteiger charge is 2.38. The molecule has 3 rings (SSSR count). The molecule has 1 heterocycles. The van der Waals surface area contributed by atoms with Crippen molar-refractivity contribution in [2.45, 2.75) is 69.9 Å². The minimum absolute atomic E-state index is 0.0961. The van der Waals surface area contributed by atoms with Gasteiger partial charge < -0.3 is 10.6 Å². The maximum atomic E-state index is 12.6. The number of likely N-dealkylation sites (tertiary alicyclic amines) is 1. The fourth-order valence-corrected chi connectivity index (χ4v) is 4.52. The lowest BCUT2D eigenvalue weighted by atomic mass is 9.79. The second kappa shape index (κ2) is 9.36. The average Bonchev–Trinajstić information content (AvgIpc) is 2.74. The molecule has 1 aromatic rings. The van der Waals surface area contributed by atoms with Crippen molar-refractivity contribution in [3.05, 3.63) is 35.9 Å². The van der Waals surface area contributed by atoms with Crippen molar-refractivity contribution in [3.8, 4) is 0 Å². The Labute approximate surface area is 162 Å². The summed E-state index contributed by atoms with van der Waals surface area (Å²) in [6.07, 6.45) is 9.96. The first-order valence-corrected chi connectivity index (χ1v) is 10.5. The minimum Gasteiger partial charge on any atom is -0.352 e. The van der Waals surface area contributed by atoms with E-state index in [1.54, 1.807) is 19.1 Å². The fraction of sp³-hybridized carbons (Fsp3) is 0.636. The standard InChI is InChI=1S/C22H33N3O2/c1-18(24-21(27)19-11-5-2-6-12-19)20(26)23-17-22(13-7-3-8-14-22)25-15-9-4-10-16-25/h2,5-6,11-12,18H,3-4,7-10,13-17H2,1H3,(H,23,26)(H,24,27). The van der Waals surface area contributed by atoms with Gasteiger partial charge in [0, 0.05) is 17.6 Å². The van der Waals surface area contributed by atoms with Crippen LogP contribution in [0.4, 0.5) is 0 Å². The van der Waals surface area contributed by atoms with Crippen LogP contribution in [-0.4, -0.2) is 47.9 Å². The molecule has 2 amide bonds. The van der Waals surface area contributed by atoms with E-state index in [2.05, 4.69) is 15.5 Å². The zero-order chi connectivity index (χ0) is 19.1. The van der Waals surface area contributed by atoms with Crippen molar-refractivity contribution in [3.63, 3.8) is 0 Å². The molecule has 1 unspecified atom stereocenters. The largest absolute Gasteiger partial charge is 0.352 e. The van der Waals surface area contributed by atoms with Crippen LogP contribution >= 0.6 is 0 Å². The zero-order valence-corrected chi connectivity index (χ0v) is 16.5. The molecule has 1 aliphatic heterocycles. The van der Waals surface area contributed by atoms with Gasteiger partial charge in [0.15, 0.2) is 0 Å². The molecule has 2 N–H and O–H groups in total. The topological polar surface area (TPSA) is 61.4 Å². The number of benzene rings is 1. The van der Waals surface area contributed by atoms with E-state index in [1.807, 2.05) is 18.2 Å². The van der Waals surface area contributed by atoms with E-state index in [0.29, 0.717) is 12.1 Å². The molecule has 1 aromatic carbocycles. The number of amides is 2. The molecule has 5 nitrogen and oxygen atoms in total. The molecule has 0 spiro atoms. The Hall–Kier alpha value is -1.88. The smallest absolute Gasteiger partial charge is 0.251 e. The highest BCUT2D eigenvalue weighted by Crippen LogP contribution is 2.35. The maximum absolute atomic E-state index is 12.6. The first-order valence-electron chi connectivity index (χ1n) is 10.5. The van der Waals surface area contributed by atoms with Crippen LogP contribution in [0.3, 0.4) is 0 Å². The van der Waals surface area contributed by atoms with E-state index < -0.39 is 6.04 Å². The van der Waals surface area contributed by atoms with Gasteiger partial charge in [0.2, 0.25) is 5.91 Å². The van der Waals surface area contributed by atoms with Gasteiger partial charge in [-0.3, -0.25) is 14.5 Å². The first kappa shape index (κ1) is 19.9. The Morgan fingerprint density at radius 2 is 1.63 bits per heavy atom. The molecular weight excluding hydrogens is 338 g/mol. The van der Waals surface area contributed by atoms with Crippen LogP contribution in [0.15, 0.2) is 30.3 Å². The van der Waals surface area contributed by atoms with Crippen LogP contribution in [0.25, 0.3) is 0 Å². The highest BCUT2D eigenvalue weighted by atomic mass is 16.2. The molecule has 148 valence electrons. The number of rotatable bonds is 6. The Bertz CT molecular complexity index is 620. The summed E-state index contributed by atoms with van der Waals surface area (Å²) in [4.78, 5) is 27.5. The Morgan fingerprint density at radius 1 is 1.00 bits per heavy atom. The van der Waals surface area contributed by atoms with E-state index >= 15 is 0 Å². The normalized spacial score (nSPS) is 21.2. The van der Waals surface area contributed by atoms with Crippen molar-refractivity contribution >= 4 is 11.8 Å². The van der Waals surface area contributed by atoms with Crippen LogP contribution in [0.5, 0.6) is 0 Å². The molecule has 2 aliphatic rings. The second-order valence-corrected chi connectivity index (χ2v) is 8.11. The first-order chi connectivity index (χ1) is 13.1. The monoisotopic (exact) mass is 371 g/mol.